The molecule has 0 amide bonds. The maximum absolute atomic E-state index is 15.3. The summed E-state index contributed by atoms with van der Waals surface area (Å²) < 4.78 is 17.0. The lowest BCUT2D eigenvalue weighted by Crippen LogP contribution is -2.44. The topological polar surface area (TPSA) is 82.4 Å². The van der Waals surface area contributed by atoms with Gasteiger partial charge >= 0.3 is 5.69 Å². The molecule has 1 aliphatic carbocycles. The number of hydrogen-bond donors (Lipinski definition) is 1. The van der Waals surface area contributed by atoms with E-state index in [0.717, 1.165) is 34.7 Å². The Morgan fingerprint density at radius 3 is 2.66 bits per heavy atom. The fourth-order valence-electron chi connectivity index (χ4n) is 3.92. The van der Waals surface area contributed by atoms with Crippen LogP contribution in [0.4, 0.5) is 4.39 Å². The molecule has 4 aromatic heterocycles. The minimum absolute atomic E-state index is 0.0441. The van der Waals surface area contributed by atoms with Crippen molar-refractivity contribution in [3.05, 3.63) is 79.1 Å². The molecule has 5 rings (SSSR count). The van der Waals surface area contributed by atoms with E-state index in [0.29, 0.717) is 32.4 Å². The van der Waals surface area contributed by atoms with Crippen molar-refractivity contribution in [3.63, 3.8) is 0 Å². The Kier molecular flexibility index (Phi) is 3.92. The Morgan fingerprint density at radius 2 is 1.97 bits per heavy atom. The first kappa shape index (κ1) is 17.8. The predicted octanol–water partition coefficient (Wildman–Crippen LogP) is 3.29. The molecular weight excluding hydrogens is 391 g/mol. The Balaban J connectivity index is 1.88. The molecule has 0 saturated heterocycles. The average molecular weight is 408 g/mol. The van der Waals surface area contributed by atoms with Crippen molar-refractivity contribution in [3.8, 4) is 22.4 Å². The molecule has 0 unspecified atom stereocenters. The smallest absolute Gasteiger partial charge is 0.332 e. The van der Waals surface area contributed by atoms with Gasteiger partial charge in [0.15, 0.2) is 0 Å². The Bertz CT molecular complexity index is 1380. The van der Waals surface area contributed by atoms with E-state index in [4.69, 9.17) is 5.84 Å². The van der Waals surface area contributed by atoms with Crippen molar-refractivity contribution >= 4 is 16.9 Å². The molecule has 0 aromatic carbocycles. The minimum Gasteiger partial charge on any atom is -0.332 e. The molecular formula is C21H17FN4O2S. The Labute approximate surface area is 168 Å². The second-order valence-corrected chi connectivity index (χ2v) is 8.00. The summed E-state index contributed by atoms with van der Waals surface area (Å²) in [6, 6.07) is 5.57. The molecule has 0 spiro atoms. The average Bonchev–Trinajstić information content (AvgIpc) is 3.45. The third-order valence-corrected chi connectivity index (χ3v) is 6.17. The number of fused-ring (bicyclic) bond motifs is 1. The minimum atomic E-state index is -0.752. The molecule has 146 valence electrons. The van der Waals surface area contributed by atoms with E-state index in [-0.39, 0.29) is 5.92 Å². The molecule has 4 heterocycles. The van der Waals surface area contributed by atoms with Crippen molar-refractivity contribution in [1.29, 1.82) is 0 Å². The van der Waals surface area contributed by atoms with Gasteiger partial charge in [-0.15, -0.1) is 0 Å². The monoisotopic (exact) mass is 408 g/mol. The fraction of sp³-hybridized carbons (Fsp3) is 0.190. The van der Waals surface area contributed by atoms with E-state index in [1.54, 1.807) is 13.1 Å². The van der Waals surface area contributed by atoms with Crippen molar-refractivity contribution in [2.45, 2.75) is 25.7 Å². The molecule has 2 N–H and O–H groups in total. The summed E-state index contributed by atoms with van der Waals surface area (Å²) in [4.78, 5) is 29.7. The van der Waals surface area contributed by atoms with Crippen LogP contribution < -0.4 is 17.1 Å². The normalized spacial score (nSPS) is 13.9. The van der Waals surface area contributed by atoms with E-state index < -0.39 is 17.1 Å². The molecule has 29 heavy (non-hydrogen) atoms. The molecule has 1 aliphatic rings. The number of pyridine rings is 2. The number of thiophene rings is 1. The van der Waals surface area contributed by atoms with Gasteiger partial charge < -0.3 is 5.84 Å². The highest BCUT2D eigenvalue weighted by Crippen LogP contribution is 2.43. The zero-order chi connectivity index (χ0) is 20.3. The van der Waals surface area contributed by atoms with Crippen molar-refractivity contribution in [2.24, 2.45) is 0 Å². The van der Waals surface area contributed by atoms with Crippen molar-refractivity contribution < 1.29 is 4.39 Å². The fourth-order valence-corrected chi connectivity index (χ4v) is 4.75. The lowest BCUT2D eigenvalue weighted by Gasteiger charge is -2.16. The van der Waals surface area contributed by atoms with E-state index in [9.17, 15) is 9.59 Å². The van der Waals surface area contributed by atoms with Gasteiger partial charge in [-0.05, 0) is 48.8 Å². The van der Waals surface area contributed by atoms with Crippen LogP contribution in [0.15, 0.2) is 50.9 Å². The Hall–Kier alpha value is -3.26. The van der Waals surface area contributed by atoms with Crippen LogP contribution >= 0.6 is 11.3 Å². The first-order valence-electron chi connectivity index (χ1n) is 9.22. The highest BCUT2D eigenvalue weighted by molar-refractivity contribution is 7.08. The maximum Gasteiger partial charge on any atom is 0.354 e. The highest BCUT2D eigenvalue weighted by atomic mass is 32.1. The molecule has 0 bridgehead atoms. The lowest BCUT2D eigenvalue weighted by atomic mass is 9.96. The number of nitrogens with zero attached hydrogens (tertiary/aromatic N) is 3. The van der Waals surface area contributed by atoms with Crippen LogP contribution in [-0.2, 0) is 0 Å². The van der Waals surface area contributed by atoms with Gasteiger partial charge in [-0.1, -0.05) is 6.07 Å². The third-order valence-electron chi connectivity index (χ3n) is 5.43. The number of rotatable bonds is 3. The van der Waals surface area contributed by atoms with Crippen LogP contribution in [0.2, 0.25) is 0 Å². The zero-order valence-electron chi connectivity index (χ0n) is 15.6. The van der Waals surface area contributed by atoms with E-state index in [1.807, 2.05) is 29.0 Å². The van der Waals surface area contributed by atoms with Crippen LogP contribution in [-0.4, -0.2) is 14.1 Å². The van der Waals surface area contributed by atoms with Gasteiger partial charge in [0.25, 0.3) is 5.56 Å². The van der Waals surface area contributed by atoms with Gasteiger partial charge in [-0.25, -0.2) is 9.18 Å². The molecule has 4 aromatic rings. The predicted molar refractivity (Wildman–Crippen MR) is 111 cm³/mol. The van der Waals surface area contributed by atoms with Crippen LogP contribution in [0.3, 0.4) is 0 Å². The van der Waals surface area contributed by atoms with Gasteiger partial charge in [0.1, 0.15) is 5.82 Å². The molecule has 0 atom stereocenters. The molecule has 1 saturated carbocycles. The van der Waals surface area contributed by atoms with Gasteiger partial charge in [-0.3, -0.25) is 14.2 Å². The lowest BCUT2D eigenvalue weighted by molar-refractivity contribution is 0.616. The summed E-state index contributed by atoms with van der Waals surface area (Å²) in [5.74, 6) is 5.19. The number of aryl methyl sites for hydroxylation is 1. The summed E-state index contributed by atoms with van der Waals surface area (Å²) in [5.41, 5.74) is 2.85. The zero-order valence-corrected chi connectivity index (χ0v) is 16.4. The van der Waals surface area contributed by atoms with E-state index >= 15 is 4.39 Å². The third kappa shape index (κ3) is 2.63. The van der Waals surface area contributed by atoms with Gasteiger partial charge in [0.05, 0.1) is 17.4 Å². The molecule has 0 aliphatic heterocycles. The van der Waals surface area contributed by atoms with E-state index in [1.165, 1.54) is 11.3 Å². The van der Waals surface area contributed by atoms with Crippen LogP contribution in [0.25, 0.3) is 27.9 Å². The second kappa shape index (κ2) is 6.38. The van der Waals surface area contributed by atoms with Gasteiger partial charge in [0.2, 0.25) is 0 Å². The highest BCUT2D eigenvalue weighted by Gasteiger charge is 2.32. The maximum atomic E-state index is 15.3. The number of nitrogens with two attached hydrogens (primary N) is 1. The van der Waals surface area contributed by atoms with Crippen LogP contribution in [0.1, 0.15) is 29.9 Å². The first-order chi connectivity index (χ1) is 14.0. The largest absolute Gasteiger partial charge is 0.354 e. The van der Waals surface area contributed by atoms with Gasteiger partial charge in [0, 0.05) is 33.8 Å². The quantitative estimate of drug-likeness (QED) is 0.528. The molecule has 0 radical (unpaired) electrons. The summed E-state index contributed by atoms with van der Waals surface area (Å²) in [6.07, 6.45) is 4.53. The standard InChI is InChI=1S/C21H17FN4O2S/c1-11-17(14-10-29-9-13(14)16-4-2-3-7-24-16)15(22)8-25-19(11)18(12-5-6-12)20(27)26(23)21(25)28/h2-4,7-10,12H,5-6,23H2,1H3. The number of aromatic nitrogens is 3. The number of halogens is 1. The first-order valence-corrected chi connectivity index (χ1v) is 10.2. The number of nitrogen functional groups attached to an aromatic ring is 1. The molecule has 6 nitrogen and oxygen atoms in total. The van der Waals surface area contributed by atoms with Crippen LogP contribution in [0, 0.1) is 12.7 Å². The summed E-state index contributed by atoms with van der Waals surface area (Å²) in [5, 5.41) is 3.79. The Morgan fingerprint density at radius 1 is 1.21 bits per heavy atom. The molecule has 1 fully saturated rings. The van der Waals surface area contributed by atoms with Crippen LogP contribution in [0.5, 0.6) is 0 Å². The second-order valence-electron chi connectivity index (χ2n) is 7.26. The van der Waals surface area contributed by atoms with Gasteiger partial charge in [-0.2, -0.15) is 16.0 Å². The summed E-state index contributed by atoms with van der Waals surface area (Å²) >= 11 is 1.45. The van der Waals surface area contributed by atoms with Crippen molar-refractivity contribution in [2.75, 3.05) is 5.84 Å². The van der Waals surface area contributed by atoms with Crippen molar-refractivity contribution in [1.82, 2.24) is 14.1 Å². The summed E-state index contributed by atoms with van der Waals surface area (Å²) in [7, 11) is 0. The summed E-state index contributed by atoms with van der Waals surface area (Å²) in [6.45, 7) is 1.75. The SMILES string of the molecule is Cc1c(-c2cscc2-c2ccccn2)c(F)cn2c(=O)n(N)c(=O)c(C3CC3)c12. The molecule has 8 heteroatoms. The van der Waals surface area contributed by atoms with E-state index in [2.05, 4.69) is 4.98 Å². The number of hydrogen-bond acceptors (Lipinski definition) is 5.